The summed E-state index contributed by atoms with van der Waals surface area (Å²) < 4.78 is 2.12. The van der Waals surface area contributed by atoms with E-state index in [1.54, 1.807) is 0 Å². The molecule has 0 radical (unpaired) electrons. The number of piperazine rings is 1. The highest BCUT2D eigenvalue weighted by molar-refractivity contribution is 5.84. The van der Waals surface area contributed by atoms with Crippen LogP contribution in [0.2, 0.25) is 0 Å². The Morgan fingerprint density at radius 3 is 2.70 bits per heavy atom. The molecule has 3 heterocycles. The maximum Gasteiger partial charge on any atom is 0.245 e. The third-order valence-electron chi connectivity index (χ3n) is 5.18. The largest absolute Gasteiger partial charge is 0.338 e. The summed E-state index contributed by atoms with van der Waals surface area (Å²) in [7, 11) is 0. The van der Waals surface area contributed by atoms with Gasteiger partial charge in [-0.15, -0.1) is 0 Å². The molecule has 8 heteroatoms. The molecule has 1 atom stereocenters. The molecule has 1 N–H and O–H groups in total. The number of para-hydroxylation sites is 2. The maximum atomic E-state index is 13.2. The molecule has 142 valence electrons. The summed E-state index contributed by atoms with van der Waals surface area (Å²) in [6.45, 7) is 6.98. The molecule has 1 fully saturated rings. The Bertz CT molecular complexity index is 909. The molecule has 1 amide bonds. The van der Waals surface area contributed by atoms with Crippen molar-refractivity contribution in [1.82, 2.24) is 29.6 Å². The standard InChI is InChI=1S/C19H25N7O/c1-3-6-17-22-15-7-4-5-8-16(15)26(17)14(2)18(27)24-9-11-25(12-10-24)19-20-13-21-23-19/h4-5,7-8,13-14H,3,6,9-12H2,1-2H3,(H,20,21,23). The molecule has 1 unspecified atom stereocenters. The molecule has 3 aromatic rings. The van der Waals surface area contributed by atoms with Gasteiger partial charge in [-0.1, -0.05) is 19.1 Å². The number of carbonyl (C=O) groups is 1. The molecule has 27 heavy (non-hydrogen) atoms. The molecule has 1 aromatic carbocycles. The number of carbonyl (C=O) groups excluding carboxylic acids is 1. The average Bonchev–Trinajstić information content (AvgIpc) is 3.35. The van der Waals surface area contributed by atoms with E-state index in [0.29, 0.717) is 13.1 Å². The lowest BCUT2D eigenvalue weighted by Gasteiger charge is -2.36. The van der Waals surface area contributed by atoms with Crippen molar-refractivity contribution in [1.29, 1.82) is 0 Å². The van der Waals surface area contributed by atoms with E-state index in [4.69, 9.17) is 4.98 Å². The number of aromatic nitrogens is 5. The van der Waals surface area contributed by atoms with Crippen LogP contribution < -0.4 is 4.90 Å². The molecule has 0 spiro atoms. The van der Waals surface area contributed by atoms with Crippen LogP contribution in [0.25, 0.3) is 11.0 Å². The van der Waals surface area contributed by atoms with Gasteiger partial charge in [-0.25, -0.2) is 10.1 Å². The zero-order valence-corrected chi connectivity index (χ0v) is 15.8. The van der Waals surface area contributed by atoms with Gasteiger partial charge in [0.15, 0.2) is 0 Å². The van der Waals surface area contributed by atoms with Gasteiger partial charge in [-0.3, -0.25) is 4.79 Å². The summed E-state index contributed by atoms with van der Waals surface area (Å²) in [6, 6.07) is 7.79. The van der Waals surface area contributed by atoms with Gasteiger partial charge < -0.3 is 14.4 Å². The lowest BCUT2D eigenvalue weighted by atomic mass is 10.2. The van der Waals surface area contributed by atoms with Gasteiger partial charge >= 0.3 is 0 Å². The Hall–Kier alpha value is -2.90. The predicted octanol–water partition coefficient (Wildman–Crippen LogP) is 2.02. The Morgan fingerprint density at radius 1 is 1.22 bits per heavy atom. The topological polar surface area (TPSA) is 82.9 Å². The molecule has 0 aliphatic carbocycles. The van der Waals surface area contributed by atoms with Gasteiger partial charge in [0.1, 0.15) is 18.2 Å². The van der Waals surface area contributed by atoms with Crippen molar-refractivity contribution in [2.24, 2.45) is 0 Å². The van der Waals surface area contributed by atoms with E-state index < -0.39 is 0 Å². The minimum absolute atomic E-state index is 0.146. The predicted molar refractivity (Wildman–Crippen MR) is 104 cm³/mol. The van der Waals surface area contributed by atoms with Crippen molar-refractivity contribution in [3.8, 4) is 0 Å². The quantitative estimate of drug-likeness (QED) is 0.746. The lowest BCUT2D eigenvalue weighted by molar-refractivity contribution is -0.134. The zero-order valence-electron chi connectivity index (χ0n) is 15.8. The lowest BCUT2D eigenvalue weighted by Crippen LogP contribution is -2.50. The highest BCUT2D eigenvalue weighted by atomic mass is 16.2. The van der Waals surface area contributed by atoms with Crippen molar-refractivity contribution >= 4 is 22.9 Å². The first-order chi connectivity index (χ1) is 13.2. The summed E-state index contributed by atoms with van der Waals surface area (Å²) in [5, 5.41) is 6.79. The molecule has 0 bridgehead atoms. The number of H-pyrrole nitrogens is 1. The summed E-state index contributed by atoms with van der Waals surface area (Å²) in [5.41, 5.74) is 1.98. The fourth-order valence-corrected chi connectivity index (χ4v) is 3.79. The number of nitrogens with one attached hydrogen (secondary N) is 1. The van der Waals surface area contributed by atoms with Crippen molar-refractivity contribution in [2.45, 2.75) is 32.7 Å². The van der Waals surface area contributed by atoms with E-state index in [1.165, 1.54) is 6.33 Å². The summed E-state index contributed by atoms with van der Waals surface area (Å²) in [6.07, 6.45) is 3.38. The highest BCUT2D eigenvalue weighted by Crippen LogP contribution is 2.24. The van der Waals surface area contributed by atoms with Crippen LogP contribution in [0.4, 0.5) is 5.95 Å². The minimum Gasteiger partial charge on any atom is -0.338 e. The Kier molecular flexibility index (Phi) is 4.79. The van der Waals surface area contributed by atoms with Crippen molar-refractivity contribution < 1.29 is 4.79 Å². The van der Waals surface area contributed by atoms with E-state index >= 15 is 0 Å². The number of nitrogens with zero attached hydrogens (tertiary/aromatic N) is 6. The fourth-order valence-electron chi connectivity index (χ4n) is 3.79. The monoisotopic (exact) mass is 367 g/mol. The Balaban J connectivity index is 1.53. The number of rotatable bonds is 5. The number of aryl methyl sites for hydroxylation is 1. The third kappa shape index (κ3) is 3.27. The van der Waals surface area contributed by atoms with Gasteiger partial charge in [0.2, 0.25) is 11.9 Å². The number of imidazole rings is 1. The summed E-state index contributed by atoms with van der Waals surface area (Å²) in [4.78, 5) is 26.2. The smallest absolute Gasteiger partial charge is 0.245 e. The summed E-state index contributed by atoms with van der Waals surface area (Å²) >= 11 is 0. The van der Waals surface area contributed by atoms with Crippen LogP contribution in [0.5, 0.6) is 0 Å². The minimum atomic E-state index is -0.268. The molecular weight excluding hydrogens is 342 g/mol. The second-order valence-electron chi connectivity index (χ2n) is 6.93. The molecule has 4 rings (SSSR count). The number of amides is 1. The van der Waals surface area contributed by atoms with Crippen LogP contribution in [0.3, 0.4) is 0 Å². The second kappa shape index (κ2) is 7.38. The number of aromatic amines is 1. The van der Waals surface area contributed by atoms with Gasteiger partial charge in [0.05, 0.1) is 11.0 Å². The van der Waals surface area contributed by atoms with Crippen LogP contribution in [-0.2, 0) is 11.2 Å². The van der Waals surface area contributed by atoms with Gasteiger partial charge in [0, 0.05) is 32.6 Å². The Labute approximate surface area is 158 Å². The van der Waals surface area contributed by atoms with Crippen LogP contribution in [0, 0.1) is 0 Å². The number of hydrogen-bond acceptors (Lipinski definition) is 5. The van der Waals surface area contributed by atoms with Crippen LogP contribution in [-0.4, -0.2) is 61.7 Å². The SMILES string of the molecule is CCCc1nc2ccccc2n1C(C)C(=O)N1CCN(c2ncn[nH]2)CC1. The van der Waals surface area contributed by atoms with Crippen LogP contribution in [0.1, 0.15) is 32.1 Å². The van der Waals surface area contributed by atoms with Crippen LogP contribution in [0.15, 0.2) is 30.6 Å². The van der Waals surface area contributed by atoms with Crippen molar-refractivity contribution in [2.75, 3.05) is 31.1 Å². The number of anilines is 1. The van der Waals surface area contributed by atoms with E-state index in [9.17, 15) is 4.79 Å². The zero-order chi connectivity index (χ0) is 18.8. The van der Waals surface area contributed by atoms with Gasteiger partial charge in [-0.2, -0.15) is 10.1 Å². The number of hydrogen-bond donors (Lipinski definition) is 1. The van der Waals surface area contributed by atoms with Crippen LogP contribution >= 0.6 is 0 Å². The number of fused-ring (bicyclic) bond motifs is 1. The third-order valence-corrected chi connectivity index (χ3v) is 5.18. The molecular formula is C19H25N7O. The molecule has 1 aliphatic heterocycles. The van der Waals surface area contributed by atoms with Crippen molar-refractivity contribution in [3.05, 3.63) is 36.4 Å². The maximum absolute atomic E-state index is 13.2. The molecule has 8 nitrogen and oxygen atoms in total. The highest BCUT2D eigenvalue weighted by Gasteiger charge is 2.28. The van der Waals surface area contributed by atoms with Gasteiger partial charge in [-0.05, 0) is 25.5 Å². The number of benzene rings is 1. The first kappa shape index (κ1) is 17.5. The Morgan fingerprint density at radius 2 is 2.00 bits per heavy atom. The second-order valence-corrected chi connectivity index (χ2v) is 6.93. The fraction of sp³-hybridized carbons (Fsp3) is 0.474. The van der Waals surface area contributed by atoms with E-state index in [1.807, 2.05) is 36.1 Å². The normalized spacial score (nSPS) is 16.1. The van der Waals surface area contributed by atoms with Crippen molar-refractivity contribution in [3.63, 3.8) is 0 Å². The molecule has 1 aliphatic rings. The average molecular weight is 367 g/mol. The van der Waals surface area contributed by atoms with E-state index in [-0.39, 0.29) is 11.9 Å². The first-order valence-electron chi connectivity index (χ1n) is 9.54. The van der Waals surface area contributed by atoms with E-state index in [0.717, 1.165) is 48.7 Å². The molecule has 2 aromatic heterocycles. The summed E-state index contributed by atoms with van der Waals surface area (Å²) in [5.74, 6) is 1.90. The van der Waals surface area contributed by atoms with E-state index in [2.05, 4.69) is 31.6 Å². The first-order valence-corrected chi connectivity index (χ1v) is 9.54. The van der Waals surface area contributed by atoms with Gasteiger partial charge in [0.25, 0.3) is 0 Å². The molecule has 0 saturated carbocycles. The molecule has 1 saturated heterocycles.